The lowest BCUT2D eigenvalue weighted by Gasteiger charge is -2.27. The van der Waals surface area contributed by atoms with Crippen molar-refractivity contribution in [3.8, 4) is 5.75 Å². The molecule has 2 rings (SSSR count). The highest BCUT2D eigenvalue weighted by atomic mass is 19.4. The largest absolute Gasteiger partial charge is 0.494 e. The minimum atomic E-state index is -5.04. The molecule has 1 heterocycles. The van der Waals surface area contributed by atoms with E-state index in [1.165, 1.54) is 6.07 Å². The lowest BCUT2D eigenvalue weighted by molar-refractivity contribution is -0.273. The molecule has 1 amide bonds. The van der Waals surface area contributed by atoms with Gasteiger partial charge in [-0.15, -0.1) is 0 Å². The van der Waals surface area contributed by atoms with Crippen LogP contribution in [-0.4, -0.2) is 30.3 Å². The summed E-state index contributed by atoms with van der Waals surface area (Å²) in [4.78, 5) is 11.8. The van der Waals surface area contributed by atoms with Crippen LogP contribution in [0.15, 0.2) is 53.1 Å². The van der Waals surface area contributed by atoms with Gasteiger partial charge >= 0.3 is 6.18 Å². The van der Waals surface area contributed by atoms with Gasteiger partial charge in [0.1, 0.15) is 11.5 Å². The second kappa shape index (κ2) is 8.06. The predicted molar refractivity (Wildman–Crippen MR) is 82.8 cm³/mol. The number of rotatable bonds is 8. The molecule has 1 aromatic heterocycles. The van der Waals surface area contributed by atoms with Crippen LogP contribution in [0, 0.1) is 0 Å². The van der Waals surface area contributed by atoms with Crippen LogP contribution in [0.3, 0.4) is 0 Å². The first-order chi connectivity index (χ1) is 11.8. The van der Waals surface area contributed by atoms with Crippen LogP contribution in [-0.2, 0) is 10.4 Å². The number of halogens is 3. The number of carbonyl (C=O) groups excluding carboxylic acids is 1. The summed E-state index contributed by atoms with van der Waals surface area (Å²) >= 11 is 0. The lowest BCUT2D eigenvalue weighted by Crippen LogP contribution is -2.46. The first-order valence-corrected chi connectivity index (χ1v) is 7.60. The minimum absolute atomic E-state index is 0.123. The van der Waals surface area contributed by atoms with Crippen molar-refractivity contribution in [3.05, 3.63) is 54.5 Å². The highest BCUT2D eigenvalue weighted by Gasteiger charge is 2.58. The molecule has 0 radical (unpaired) electrons. The first kappa shape index (κ1) is 18.9. The molecule has 0 unspecified atom stereocenters. The zero-order chi connectivity index (χ0) is 18.3. The van der Waals surface area contributed by atoms with Gasteiger partial charge < -0.3 is 19.6 Å². The average molecular weight is 357 g/mol. The van der Waals surface area contributed by atoms with Crippen LogP contribution < -0.4 is 10.1 Å². The maximum Gasteiger partial charge on any atom is 0.425 e. The van der Waals surface area contributed by atoms with E-state index < -0.39 is 29.9 Å². The summed E-state index contributed by atoms with van der Waals surface area (Å²) in [6, 6.07) is 11.2. The summed E-state index contributed by atoms with van der Waals surface area (Å²) in [5.41, 5.74) is -3.36. The fraction of sp³-hybridized carbons (Fsp3) is 0.353. The number of carbonyl (C=O) groups is 1. The van der Waals surface area contributed by atoms with Gasteiger partial charge in [0, 0.05) is 6.54 Å². The van der Waals surface area contributed by atoms with Crippen molar-refractivity contribution in [2.45, 2.75) is 24.6 Å². The van der Waals surface area contributed by atoms with E-state index in [0.29, 0.717) is 18.8 Å². The highest BCUT2D eigenvalue weighted by Crippen LogP contribution is 2.41. The quantitative estimate of drug-likeness (QED) is 0.713. The monoisotopic (exact) mass is 357 g/mol. The van der Waals surface area contributed by atoms with E-state index in [0.717, 1.165) is 12.3 Å². The smallest absolute Gasteiger partial charge is 0.425 e. The van der Waals surface area contributed by atoms with Gasteiger partial charge in [0.15, 0.2) is 0 Å². The van der Waals surface area contributed by atoms with Crippen molar-refractivity contribution in [2.75, 3.05) is 13.2 Å². The number of aliphatic hydroxyl groups is 1. The third-order valence-corrected chi connectivity index (χ3v) is 3.47. The van der Waals surface area contributed by atoms with Crippen molar-refractivity contribution in [2.24, 2.45) is 0 Å². The van der Waals surface area contributed by atoms with Crippen LogP contribution in [0.4, 0.5) is 13.2 Å². The Labute approximate surface area is 142 Å². The maximum absolute atomic E-state index is 13.1. The SMILES string of the molecule is O=C(C[C@](O)(c1ccco1)C(F)(F)F)NCCCOc1ccccc1. The number of nitrogens with one attached hydrogen (secondary N) is 1. The number of hydrogen-bond donors (Lipinski definition) is 2. The van der Waals surface area contributed by atoms with Crippen LogP contribution >= 0.6 is 0 Å². The molecule has 0 aliphatic heterocycles. The summed E-state index contributed by atoms with van der Waals surface area (Å²) in [7, 11) is 0. The molecule has 136 valence electrons. The van der Waals surface area contributed by atoms with Crippen molar-refractivity contribution in [3.63, 3.8) is 0 Å². The normalized spacial score (nSPS) is 13.9. The number of ether oxygens (including phenoxy) is 1. The second-order valence-corrected chi connectivity index (χ2v) is 5.38. The van der Waals surface area contributed by atoms with E-state index in [-0.39, 0.29) is 6.54 Å². The van der Waals surface area contributed by atoms with Crippen LogP contribution in [0.2, 0.25) is 0 Å². The number of benzene rings is 1. The molecule has 0 spiro atoms. The summed E-state index contributed by atoms with van der Waals surface area (Å²) in [5, 5.41) is 12.3. The molecule has 8 heteroatoms. The first-order valence-electron chi connectivity index (χ1n) is 7.60. The Morgan fingerprint density at radius 2 is 1.88 bits per heavy atom. The maximum atomic E-state index is 13.1. The van der Waals surface area contributed by atoms with Gasteiger partial charge in [-0.2, -0.15) is 13.2 Å². The highest BCUT2D eigenvalue weighted by molar-refractivity contribution is 5.77. The van der Waals surface area contributed by atoms with E-state index >= 15 is 0 Å². The Hall–Kier alpha value is -2.48. The second-order valence-electron chi connectivity index (χ2n) is 5.38. The Morgan fingerprint density at radius 1 is 1.16 bits per heavy atom. The minimum Gasteiger partial charge on any atom is -0.494 e. The Balaban J connectivity index is 1.80. The molecule has 0 aliphatic rings. The molecule has 25 heavy (non-hydrogen) atoms. The number of hydrogen-bond acceptors (Lipinski definition) is 4. The molecule has 0 saturated heterocycles. The summed E-state index contributed by atoms with van der Waals surface area (Å²) in [5.74, 6) is -0.989. The Morgan fingerprint density at radius 3 is 2.48 bits per heavy atom. The van der Waals surface area contributed by atoms with Crippen LogP contribution in [0.25, 0.3) is 0 Å². The van der Waals surface area contributed by atoms with Gasteiger partial charge in [-0.1, -0.05) is 18.2 Å². The number of alkyl halides is 3. The molecule has 1 atom stereocenters. The van der Waals surface area contributed by atoms with E-state index in [9.17, 15) is 23.1 Å². The average Bonchev–Trinajstić information content (AvgIpc) is 3.09. The Bertz CT molecular complexity index is 658. The summed E-state index contributed by atoms with van der Waals surface area (Å²) in [6.07, 6.45) is -4.81. The number of para-hydroxylation sites is 1. The van der Waals surface area contributed by atoms with Gasteiger partial charge in [0.25, 0.3) is 0 Å². The molecule has 5 nitrogen and oxygen atoms in total. The fourth-order valence-corrected chi connectivity index (χ4v) is 2.14. The van der Waals surface area contributed by atoms with Gasteiger partial charge in [-0.25, -0.2) is 0 Å². The van der Waals surface area contributed by atoms with Crippen molar-refractivity contribution >= 4 is 5.91 Å². The summed E-state index contributed by atoms with van der Waals surface area (Å²) in [6.45, 7) is 0.420. The fourth-order valence-electron chi connectivity index (χ4n) is 2.14. The van der Waals surface area contributed by atoms with E-state index in [4.69, 9.17) is 4.74 Å². The van der Waals surface area contributed by atoms with E-state index in [1.807, 2.05) is 18.2 Å². The Kier molecular flexibility index (Phi) is 6.08. The van der Waals surface area contributed by atoms with E-state index in [1.54, 1.807) is 12.1 Å². The van der Waals surface area contributed by atoms with Crippen molar-refractivity contribution < 1.29 is 32.2 Å². The van der Waals surface area contributed by atoms with Crippen molar-refractivity contribution in [1.82, 2.24) is 5.32 Å². The topological polar surface area (TPSA) is 71.7 Å². The number of amides is 1. The van der Waals surface area contributed by atoms with Gasteiger partial charge in [-0.05, 0) is 30.7 Å². The molecule has 0 fully saturated rings. The molecule has 2 N–H and O–H groups in total. The molecular formula is C17H18F3NO4. The van der Waals surface area contributed by atoms with Gasteiger partial charge in [0.2, 0.25) is 11.5 Å². The third kappa shape index (κ3) is 4.99. The molecule has 0 aliphatic carbocycles. The molecule has 1 aromatic carbocycles. The molecule has 0 bridgehead atoms. The zero-order valence-corrected chi connectivity index (χ0v) is 13.3. The van der Waals surface area contributed by atoms with Crippen LogP contribution in [0.5, 0.6) is 5.75 Å². The predicted octanol–water partition coefficient (Wildman–Crippen LogP) is 3.00. The van der Waals surface area contributed by atoms with Crippen molar-refractivity contribution in [1.29, 1.82) is 0 Å². The molecule has 0 saturated carbocycles. The van der Waals surface area contributed by atoms with Gasteiger partial charge in [0.05, 0.1) is 19.3 Å². The standard InChI is InChI=1S/C17H18F3NO4/c18-17(19,20)16(23,14-8-4-10-25-14)12-15(22)21-9-5-11-24-13-6-2-1-3-7-13/h1-4,6-8,10,23H,5,9,11-12H2,(H,21,22)/t16-/m0/s1. The van der Waals surface area contributed by atoms with Gasteiger partial charge in [-0.3, -0.25) is 4.79 Å². The van der Waals surface area contributed by atoms with E-state index in [2.05, 4.69) is 9.73 Å². The molecule has 2 aromatic rings. The van der Waals surface area contributed by atoms with Crippen LogP contribution in [0.1, 0.15) is 18.6 Å². The summed E-state index contributed by atoms with van der Waals surface area (Å²) < 4.78 is 49.5. The third-order valence-electron chi connectivity index (χ3n) is 3.47. The molecular weight excluding hydrogens is 339 g/mol. The lowest BCUT2D eigenvalue weighted by atomic mass is 9.95. The number of furan rings is 1. The zero-order valence-electron chi connectivity index (χ0n) is 13.3.